The molecule has 0 radical (unpaired) electrons. The minimum atomic E-state index is -0.823. The first kappa shape index (κ1) is 18.8. The summed E-state index contributed by atoms with van der Waals surface area (Å²) in [6, 6.07) is 15.4. The number of carbonyl (C=O) groups is 3. The van der Waals surface area contributed by atoms with Gasteiger partial charge < -0.3 is 14.6 Å². The summed E-state index contributed by atoms with van der Waals surface area (Å²) in [6.07, 6.45) is 3.78. The maximum atomic E-state index is 13.2. The molecule has 0 saturated heterocycles. The van der Waals surface area contributed by atoms with E-state index in [4.69, 9.17) is 0 Å². The average molecular weight is 400 g/mol. The predicted octanol–water partition coefficient (Wildman–Crippen LogP) is 3.65. The topological polar surface area (TPSA) is 57.7 Å². The van der Waals surface area contributed by atoms with Crippen molar-refractivity contribution in [1.29, 1.82) is 0 Å². The number of hydrogen-bond acceptors (Lipinski definition) is 3. The lowest BCUT2D eigenvalue weighted by Gasteiger charge is -2.45. The molecule has 0 aromatic heterocycles. The summed E-state index contributed by atoms with van der Waals surface area (Å²) in [7, 11) is 1.83. The van der Waals surface area contributed by atoms with Crippen LogP contribution in [0.3, 0.4) is 0 Å². The third-order valence-corrected chi connectivity index (χ3v) is 6.89. The number of aldehydes is 1. The van der Waals surface area contributed by atoms with Crippen molar-refractivity contribution in [2.24, 2.45) is 5.41 Å². The monoisotopic (exact) mass is 400 g/mol. The fraction of sp³-hybridized carbons (Fsp3) is 0.320. The molecule has 3 atom stereocenters. The van der Waals surface area contributed by atoms with E-state index < -0.39 is 5.41 Å². The second kappa shape index (κ2) is 6.66. The van der Waals surface area contributed by atoms with E-state index >= 15 is 0 Å². The van der Waals surface area contributed by atoms with Gasteiger partial charge in [-0.15, -0.1) is 0 Å². The van der Waals surface area contributed by atoms with Gasteiger partial charge in [-0.2, -0.15) is 0 Å². The molecule has 5 rings (SSSR count). The molecule has 152 valence electrons. The van der Waals surface area contributed by atoms with Gasteiger partial charge in [-0.25, -0.2) is 0 Å². The zero-order chi connectivity index (χ0) is 21.0. The lowest BCUT2D eigenvalue weighted by atomic mass is 9.70. The first-order chi connectivity index (χ1) is 14.4. The molecule has 5 nitrogen and oxygen atoms in total. The molecule has 2 amide bonds. The van der Waals surface area contributed by atoms with Crippen LogP contribution in [0.25, 0.3) is 5.57 Å². The van der Waals surface area contributed by atoms with Crippen molar-refractivity contribution < 1.29 is 14.4 Å². The van der Waals surface area contributed by atoms with Crippen molar-refractivity contribution in [1.82, 2.24) is 4.90 Å². The van der Waals surface area contributed by atoms with Gasteiger partial charge in [-0.1, -0.05) is 36.4 Å². The number of likely N-dealkylation sites (N-methyl/N-ethyl adjacent to an activating group) is 1. The normalized spacial score (nSPS) is 26.7. The van der Waals surface area contributed by atoms with Crippen LogP contribution in [0.1, 0.15) is 47.2 Å². The third kappa shape index (κ3) is 2.58. The lowest BCUT2D eigenvalue weighted by molar-refractivity contribution is -0.141. The predicted molar refractivity (Wildman–Crippen MR) is 115 cm³/mol. The van der Waals surface area contributed by atoms with E-state index in [-0.39, 0.29) is 30.2 Å². The van der Waals surface area contributed by atoms with Gasteiger partial charge in [0.15, 0.2) is 0 Å². The standard InChI is InChI=1S/C25H24N2O3/c1-25(11-12-28)14-19-18-9-6-10-20-22(18)17(13-21(19)26(2)24(25)30)15-27(20)23(29)16-7-4-3-5-8-16/h3-10,12,14,17,21H,11,13,15H2,1-2H3. The fourth-order valence-electron chi connectivity index (χ4n) is 5.39. The molecule has 0 saturated carbocycles. The molecule has 30 heavy (non-hydrogen) atoms. The van der Waals surface area contributed by atoms with Crippen LogP contribution in [0.2, 0.25) is 0 Å². The smallest absolute Gasteiger partial charge is 0.258 e. The summed E-state index contributed by atoms with van der Waals surface area (Å²) < 4.78 is 0. The molecule has 0 bridgehead atoms. The molecule has 2 heterocycles. The van der Waals surface area contributed by atoms with Gasteiger partial charge in [0.2, 0.25) is 5.91 Å². The van der Waals surface area contributed by atoms with E-state index in [1.54, 1.807) is 4.90 Å². The van der Waals surface area contributed by atoms with Crippen molar-refractivity contribution in [2.75, 3.05) is 18.5 Å². The zero-order valence-corrected chi connectivity index (χ0v) is 17.2. The van der Waals surface area contributed by atoms with Crippen LogP contribution in [-0.2, 0) is 9.59 Å². The molecule has 3 unspecified atom stereocenters. The van der Waals surface area contributed by atoms with Gasteiger partial charge in [-0.3, -0.25) is 9.59 Å². The Morgan fingerprint density at radius 1 is 1.17 bits per heavy atom. The van der Waals surface area contributed by atoms with E-state index in [9.17, 15) is 14.4 Å². The number of hydrogen-bond donors (Lipinski definition) is 0. The number of amides is 2. The van der Waals surface area contributed by atoms with Gasteiger partial charge >= 0.3 is 0 Å². The van der Waals surface area contributed by atoms with Gasteiger partial charge in [0.05, 0.1) is 11.5 Å². The van der Waals surface area contributed by atoms with Gasteiger partial charge in [0, 0.05) is 37.2 Å². The highest BCUT2D eigenvalue weighted by molar-refractivity contribution is 6.08. The molecule has 3 aliphatic rings. The second-order valence-corrected chi connectivity index (χ2v) is 8.77. The summed E-state index contributed by atoms with van der Waals surface area (Å²) in [5.74, 6) is 0.181. The Balaban J connectivity index is 1.62. The lowest BCUT2D eigenvalue weighted by Crippen LogP contribution is -2.51. The number of carbonyl (C=O) groups excluding carboxylic acids is 3. The number of benzene rings is 2. The molecule has 0 N–H and O–H groups in total. The van der Waals surface area contributed by atoms with Gasteiger partial charge in [-0.05, 0) is 48.2 Å². The Bertz CT molecular complexity index is 1090. The zero-order valence-electron chi connectivity index (χ0n) is 17.2. The molecule has 2 aromatic carbocycles. The van der Waals surface area contributed by atoms with Gasteiger partial charge in [0.1, 0.15) is 6.29 Å². The Hall–Kier alpha value is -3.21. The largest absolute Gasteiger partial charge is 0.338 e. The van der Waals surface area contributed by atoms with E-state index in [0.29, 0.717) is 12.1 Å². The first-order valence-corrected chi connectivity index (χ1v) is 10.4. The molecule has 0 spiro atoms. The van der Waals surface area contributed by atoms with Crippen LogP contribution >= 0.6 is 0 Å². The van der Waals surface area contributed by atoms with Crippen molar-refractivity contribution in [2.45, 2.75) is 31.7 Å². The van der Waals surface area contributed by atoms with E-state index in [1.165, 1.54) is 5.56 Å². The van der Waals surface area contributed by atoms with Crippen LogP contribution in [0.15, 0.2) is 54.6 Å². The average Bonchev–Trinajstić information content (AvgIpc) is 3.13. The Morgan fingerprint density at radius 2 is 1.93 bits per heavy atom. The van der Waals surface area contributed by atoms with Gasteiger partial charge in [0.25, 0.3) is 5.91 Å². The maximum absolute atomic E-state index is 13.2. The quantitative estimate of drug-likeness (QED) is 0.739. The molecule has 2 aliphatic heterocycles. The van der Waals surface area contributed by atoms with Crippen LogP contribution in [0, 0.1) is 5.41 Å². The minimum Gasteiger partial charge on any atom is -0.338 e. The van der Waals surface area contributed by atoms with E-state index in [2.05, 4.69) is 6.07 Å². The molecular formula is C25H24N2O3. The molecule has 0 fully saturated rings. The highest BCUT2D eigenvalue weighted by Crippen LogP contribution is 2.52. The molecule has 2 aromatic rings. The van der Waals surface area contributed by atoms with Crippen molar-refractivity contribution in [3.8, 4) is 0 Å². The van der Waals surface area contributed by atoms with E-state index in [1.807, 2.05) is 67.4 Å². The number of rotatable bonds is 3. The molecule has 5 heteroatoms. The number of fused-ring (bicyclic) bond motifs is 2. The van der Waals surface area contributed by atoms with Crippen LogP contribution < -0.4 is 4.90 Å². The Labute approximate surface area is 176 Å². The Morgan fingerprint density at radius 3 is 2.67 bits per heavy atom. The summed E-state index contributed by atoms with van der Waals surface area (Å²) in [6.45, 7) is 2.46. The second-order valence-electron chi connectivity index (χ2n) is 8.77. The Kier molecular flexibility index (Phi) is 4.17. The van der Waals surface area contributed by atoms with Crippen LogP contribution in [0.5, 0.6) is 0 Å². The minimum absolute atomic E-state index is 0.00516. The summed E-state index contributed by atoms with van der Waals surface area (Å²) in [4.78, 5) is 41.2. The highest BCUT2D eigenvalue weighted by atomic mass is 16.2. The summed E-state index contributed by atoms with van der Waals surface area (Å²) in [5, 5.41) is 0. The summed E-state index contributed by atoms with van der Waals surface area (Å²) in [5.41, 5.74) is 4.21. The first-order valence-electron chi connectivity index (χ1n) is 10.4. The molecular weight excluding hydrogens is 376 g/mol. The summed E-state index contributed by atoms with van der Waals surface area (Å²) >= 11 is 0. The SMILES string of the molecule is CN1C(=O)C(C)(CC=O)C=C2c3cccc4c3C(CC21)CN4C(=O)c1ccccc1. The highest BCUT2D eigenvalue weighted by Gasteiger charge is 2.48. The van der Waals surface area contributed by atoms with Crippen LogP contribution in [0.4, 0.5) is 5.69 Å². The van der Waals surface area contributed by atoms with Crippen molar-refractivity contribution in [3.63, 3.8) is 0 Å². The maximum Gasteiger partial charge on any atom is 0.258 e. The third-order valence-electron chi connectivity index (χ3n) is 6.89. The van der Waals surface area contributed by atoms with Crippen molar-refractivity contribution in [3.05, 3.63) is 71.3 Å². The van der Waals surface area contributed by atoms with E-state index in [0.717, 1.165) is 29.5 Å². The fourth-order valence-corrected chi connectivity index (χ4v) is 5.39. The number of nitrogens with zero attached hydrogens (tertiary/aromatic N) is 2. The molecule has 1 aliphatic carbocycles. The number of anilines is 1. The van der Waals surface area contributed by atoms with Crippen molar-refractivity contribution >= 4 is 29.4 Å². The van der Waals surface area contributed by atoms with Crippen LogP contribution in [-0.4, -0.2) is 42.6 Å².